The second-order valence-electron chi connectivity index (χ2n) is 32.6. The van der Waals surface area contributed by atoms with Gasteiger partial charge in [-0.25, -0.2) is 9.13 Å². The summed E-state index contributed by atoms with van der Waals surface area (Å²) in [4.78, 5) is 73.3. The van der Waals surface area contributed by atoms with E-state index in [1.807, 2.05) is 0 Å². The van der Waals surface area contributed by atoms with Crippen molar-refractivity contribution in [1.29, 1.82) is 0 Å². The Morgan fingerprint density at radius 2 is 0.440 bits per heavy atom. The molecule has 0 aromatic heterocycles. The van der Waals surface area contributed by atoms with Crippen LogP contribution in [0.2, 0.25) is 0 Å². The van der Waals surface area contributed by atoms with Gasteiger partial charge in [0, 0.05) is 25.7 Å². The Kier molecular flexibility index (Phi) is 81.1. The van der Waals surface area contributed by atoms with Crippen LogP contribution in [0.15, 0.2) is 0 Å². The van der Waals surface area contributed by atoms with E-state index in [0.29, 0.717) is 25.7 Å². The van der Waals surface area contributed by atoms with Crippen molar-refractivity contribution < 1.29 is 80.2 Å². The first-order chi connectivity index (χ1) is 53.1. The number of aliphatic hydroxyl groups is 1. The van der Waals surface area contributed by atoms with Gasteiger partial charge < -0.3 is 33.8 Å². The first-order valence-electron chi connectivity index (χ1n) is 46.7. The zero-order chi connectivity index (χ0) is 79.7. The maximum atomic E-state index is 13.2. The number of phosphoric acid groups is 2. The van der Waals surface area contributed by atoms with Gasteiger partial charge in [0.25, 0.3) is 0 Å². The molecule has 0 spiro atoms. The molecule has 6 atom stereocenters. The number of aliphatic hydroxyl groups excluding tert-OH is 1. The highest BCUT2D eigenvalue weighted by Crippen LogP contribution is 2.45. The third-order valence-corrected chi connectivity index (χ3v) is 23.5. The summed E-state index contributed by atoms with van der Waals surface area (Å²) in [6, 6.07) is 0. The molecule has 0 fully saturated rings. The van der Waals surface area contributed by atoms with Gasteiger partial charge in [0.15, 0.2) is 12.2 Å². The van der Waals surface area contributed by atoms with Crippen LogP contribution in [-0.2, 0) is 65.4 Å². The van der Waals surface area contributed by atoms with E-state index in [4.69, 9.17) is 37.0 Å². The molecule has 0 aromatic rings. The number of ether oxygens (including phenoxy) is 4. The van der Waals surface area contributed by atoms with Crippen molar-refractivity contribution in [2.75, 3.05) is 39.6 Å². The lowest BCUT2D eigenvalue weighted by atomic mass is 9.99. The molecule has 0 aliphatic carbocycles. The summed E-state index contributed by atoms with van der Waals surface area (Å²) < 4.78 is 69.0. The molecule has 0 saturated carbocycles. The third-order valence-electron chi connectivity index (χ3n) is 21.6. The molecule has 0 radical (unpaired) electrons. The molecule has 0 heterocycles. The van der Waals surface area contributed by atoms with Crippen molar-refractivity contribution in [3.63, 3.8) is 0 Å². The Balaban J connectivity index is 5.21. The van der Waals surface area contributed by atoms with Gasteiger partial charge in [-0.15, -0.1) is 0 Å². The molecule has 0 rings (SSSR count). The van der Waals surface area contributed by atoms with Crippen LogP contribution in [-0.4, -0.2) is 96.7 Å². The molecule has 109 heavy (non-hydrogen) atoms. The van der Waals surface area contributed by atoms with Gasteiger partial charge in [0.2, 0.25) is 0 Å². The SMILES string of the molecule is CCCCCCCCCCCCCCCCCCCCCC(=O)OC[C@H](COP(=O)(O)OC[C@@H](O)COP(=O)(O)OC[C@@H](COC(=O)CCCCCCCCCCCC)OC(=O)CCCCCCCCCCCCCCCCCCCC)OC(=O)CCCCCCCCCCCCCCCCCCCCC(C)CC. The minimum atomic E-state index is -4.97. The Bertz CT molecular complexity index is 2070. The average Bonchev–Trinajstić information content (AvgIpc) is 0.898. The third kappa shape index (κ3) is 82.4. The molecule has 0 amide bonds. The van der Waals surface area contributed by atoms with E-state index < -0.39 is 97.5 Å². The number of unbranched alkanes of at least 4 members (excludes halogenated alkanes) is 61. The van der Waals surface area contributed by atoms with E-state index >= 15 is 0 Å². The normalized spacial score (nSPS) is 13.9. The van der Waals surface area contributed by atoms with Crippen molar-refractivity contribution in [2.45, 2.75) is 509 Å². The molecule has 3 N–H and O–H groups in total. The van der Waals surface area contributed by atoms with Crippen molar-refractivity contribution in [3.05, 3.63) is 0 Å². The number of phosphoric ester groups is 2. The monoisotopic (exact) mass is 1590 g/mol. The topological polar surface area (TPSA) is 237 Å². The highest BCUT2D eigenvalue weighted by molar-refractivity contribution is 7.47. The summed E-state index contributed by atoms with van der Waals surface area (Å²) in [6.45, 7) is 7.45. The fourth-order valence-electron chi connectivity index (χ4n) is 14.1. The average molecular weight is 1590 g/mol. The largest absolute Gasteiger partial charge is 0.472 e. The summed E-state index contributed by atoms with van der Waals surface area (Å²) in [5.41, 5.74) is 0. The minimum Gasteiger partial charge on any atom is -0.462 e. The zero-order valence-electron chi connectivity index (χ0n) is 71.7. The fourth-order valence-corrected chi connectivity index (χ4v) is 15.7. The number of hydrogen-bond donors (Lipinski definition) is 3. The van der Waals surface area contributed by atoms with Gasteiger partial charge in [0.05, 0.1) is 26.4 Å². The summed E-state index contributed by atoms with van der Waals surface area (Å²) >= 11 is 0. The zero-order valence-corrected chi connectivity index (χ0v) is 73.5. The Morgan fingerprint density at radius 1 is 0.257 bits per heavy atom. The van der Waals surface area contributed by atoms with Crippen LogP contribution in [0, 0.1) is 5.92 Å². The van der Waals surface area contributed by atoms with E-state index in [2.05, 4.69) is 34.6 Å². The maximum Gasteiger partial charge on any atom is 0.472 e. The number of rotatable bonds is 90. The summed E-state index contributed by atoms with van der Waals surface area (Å²) in [5.74, 6) is -1.22. The second-order valence-corrected chi connectivity index (χ2v) is 35.5. The number of carbonyl (C=O) groups is 4. The molecule has 0 aliphatic heterocycles. The van der Waals surface area contributed by atoms with E-state index in [1.54, 1.807) is 0 Å². The van der Waals surface area contributed by atoms with Crippen molar-refractivity contribution in [1.82, 2.24) is 0 Å². The van der Waals surface area contributed by atoms with Crippen LogP contribution in [0.1, 0.15) is 490 Å². The second kappa shape index (κ2) is 82.6. The number of esters is 4. The molecule has 3 unspecified atom stereocenters. The molecular formula is C90H176O17P2. The first-order valence-corrected chi connectivity index (χ1v) is 49.7. The quantitative estimate of drug-likeness (QED) is 0.0222. The maximum absolute atomic E-state index is 13.2. The molecule has 17 nitrogen and oxygen atoms in total. The van der Waals surface area contributed by atoms with E-state index in [0.717, 1.165) is 95.8 Å². The molecular weight excluding hydrogens is 1410 g/mol. The smallest absolute Gasteiger partial charge is 0.462 e. The molecule has 0 aliphatic rings. The van der Waals surface area contributed by atoms with E-state index in [9.17, 15) is 43.2 Å². The van der Waals surface area contributed by atoms with Crippen LogP contribution in [0.4, 0.5) is 0 Å². The fraction of sp³-hybridized carbons (Fsp3) is 0.956. The minimum absolute atomic E-state index is 0.109. The van der Waals surface area contributed by atoms with Gasteiger partial charge in [-0.05, 0) is 31.6 Å². The lowest BCUT2D eigenvalue weighted by molar-refractivity contribution is -0.161. The lowest BCUT2D eigenvalue weighted by Crippen LogP contribution is -2.30. The van der Waals surface area contributed by atoms with Crippen LogP contribution >= 0.6 is 15.6 Å². The molecule has 0 saturated heterocycles. The first kappa shape index (κ1) is 107. The van der Waals surface area contributed by atoms with Gasteiger partial charge in [-0.2, -0.15) is 0 Å². The highest BCUT2D eigenvalue weighted by atomic mass is 31.2. The van der Waals surface area contributed by atoms with E-state index in [-0.39, 0.29) is 25.7 Å². The predicted octanol–water partition coefficient (Wildman–Crippen LogP) is 27.9. The Labute approximate surface area is 670 Å². The summed E-state index contributed by atoms with van der Waals surface area (Å²) in [6.07, 6.45) is 77.8. The van der Waals surface area contributed by atoms with Gasteiger partial charge in [-0.3, -0.25) is 37.3 Å². The Morgan fingerprint density at radius 3 is 0.651 bits per heavy atom. The van der Waals surface area contributed by atoms with Crippen molar-refractivity contribution >= 4 is 39.5 Å². The Hall–Kier alpha value is -1.94. The summed E-state index contributed by atoms with van der Waals surface area (Å²) in [7, 11) is -9.93. The molecule has 648 valence electrons. The van der Waals surface area contributed by atoms with Gasteiger partial charge >= 0.3 is 39.5 Å². The molecule has 0 aromatic carbocycles. The van der Waals surface area contributed by atoms with Crippen LogP contribution in [0.5, 0.6) is 0 Å². The predicted molar refractivity (Wildman–Crippen MR) is 451 cm³/mol. The van der Waals surface area contributed by atoms with Crippen molar-refractivity contribution in [2.24, 2.45) is 5.92 Å². The summed E-state index contributed by atoms with van der Waals surface area (Å²) in [5, 5.41) is 10.7. The lowest BCUT2D eigenvalue weighted by Gasteiger charge is -2.21. The molecule has 19 heteroatoms. The standard InChI is InChI=1S/C90H176O17P2/c1-6-10-13-16-19-22-25-27-29-31-33-38-41-45-49-54-59-64-69-74-88(93)101-80-86(107-90(95)76-71-66-61-56-51-47-43-39-35-34-36-40-44-48-52-57-62-67-72-83(5)9-4)82-105-109(98,99)103-78-84(91)77-102-108(96,97)104-81-85(79-100-87(92)73-68-63-58-53-24-21-18-15-12-8-3)106-89(94)75-70-65-60-55-50-46-42-37-32-30-28-26-23-20-17-14-11-7-2/h83-86,91H,6-82H2,1-5H3,(H,96,97)(H,98,99)/t83?,84-,85+,86+/m0/s1. The number of hydrogen-bond acceptors (Lipinski definition) is 15. The van der Waals surface area contributed by atoms with Crippen LogP contribution < -0.4 is 0 Å². The van der Waals surface area contributed by atoms with Crippen LogP contribution in [0.25, 0.3) is 0 Å². The van der Waals surface area contributed by atoms with E-state index in [1.165, 1.54) is 315 Å². The number of carbonyl (C=O) groups excluding carboxylic acids is 4. The van der Waals surface area contributed by atoms with Crippen molar-refractivity contribution in [3.8, 4) is 0 Å². The van der Waals surface area contributed by atoms with Gasteiger partial charge in [0.1, 0.15) is 19.3 Å². The van der Waals surface area contributed by atoms with Crippen LogP contribution in [0.3, 0.4) is 0 Å². The molecule has 0 bridgehead atoms. The highest BCUT2D eigenvalue weighted by Gasteiger charge is 2.31. The van der Waals surface area contributed by atoms with Gasteiger partial charge in [-0.1, -0.05) is 439 Å².